The zero-order chi connectivity index (χ0) is 10.0. The summed E-state index contributed by atoms with van der Waals surface area (Å²) in [5, 5.41) is 9.31. The highest BCUT2D eigenvalue weighted by molar-refractivity contribution is 6.31. The van der Waals surface area contributed by atoms with Gasteiger partial charge in [0, 0.05) is 12.1 Å². The average molecular weight is 200 g/mol. The summed E-state index contributed by atoms with van der Waals surface area (Å²) >= 11 is 5.84. The standard InChI is InChI=1S/C9H10ClNO2/c1-6-7(10)4-3-5-8(6)11(2)9(12)13/h3-5H,1-2H3,(H,12,13). The van der Waals surface area contributed by atoms with Crippen molar-refractivity contribution in [2.24, 2.45) is 0 Å². The summed E-state index contributed by atoms with van der Waals surface area (Å²) in [6.45, 7) is 1.79. The van der Waals surface area contributed by atoms with Crippen molar-refractivity contribution in [2.75, 3.05) is 11.9 Å². The molecule has 1 rings (SSSR count). The molecule has 0 aliphatic heterocycles. The zero-order valence-electron chi connectivity index (χ0n) is 7.41. The molecule has 70 valence electrons. The Morgan fingerprint density at radius 2 is 2.15 bits per heavy atom. The molecule has 1 N–H and O–H groups in total. The molecule has 1 aromatic rings. The summed E-state index contributed by atoms with van der Waals surface area (Å²) in [5.74, 6) is 0. The Hall–Kier alpha value is -1.22. The van der Waals surface area contributed by atoms with Crippen LogP contribution < -0.4 is 4.90 Å². The van der Waals surface area contributed by atoms with Crippen LogP contribution in [0.3, 0.4) is 0 Å². The fourth-order valence-corrected chi connectivity index (χ4v) is 1.23. The van der Waals surface area contributed by atoms with Crippen molar-refractivity contribution in [1.82, 2.24) is 0 Å². The predicted molar refractivity (Wildman–Crippen MR) is 52.6 cm³/mol. The second-order valence-electron chi connectivity index (χ2n) is 2.73. The Balaban J connectivity index is 3.15. The fourth-order valence-electron chi connectivity index (χ4n) is 1.06. The minimum atomic E-state index is -0.995. The average Bonchev–Trinajstić information content (AvgIpc) is 2.08. The molecule has 1 amide bonds. The van der Waals surface area contributed by atoms with Crippen LogP contribution in [0.5, 0.6) is 0 Å². The first kappa shape index (κ1) is 9.86. The van der Waals surface area contributed by atoms with E-state index in [2.05, 4.69) is 0 Å². The molecule has 0 aromatic heterocycles. The molecule has 0 aliphatic rings. The van der Waals surface area contributed by atoms with E-state index in [4.69, 9.17) is 16.7 Å². The van der Waals surface area contributed by atoms with E-state index in [0.717, 1.165) is 10.5 Å². The molecule has 0 heterocycles. The van der Waals surface area contributed by atoms with Crippen molar-refractivity contribution < 1.29 is 9.90 Å². The van der Waals surface area contributed by atoms with Gasteiger partial charge in [-0.1, -0.05) is 17.7 Å². The van der Waals surface area contributed by atoms with Crippen LogP contribution in [0.25, 0.3) is 0 Å². The van der Waals surface area contributed by atoms with Gasteiger partial charge in [0.2, 0.25) is 0 Å². The molecule has 0 fully saturated rings. The molecule has 4 heteroatoms. The molecular weight excluding hydrogens is 190 g/mol. The summed E-state index contributed by atoms with van der Waals surface area (Å²) in [7, 11) is 1.49. The van der Waals surface area contributed by atoms with E-state index in [-0.39, 0.29) is 0 Å². The number of nitrogens with zero attached hydrogens (tertiary/aromatic N) is 1. The third-order valence-corrected chi connectivity index (χ3v) is 2.30. The molecular formula is C9H10ClNO2. The van der Waals surface area contributed by atoms with Crippen LogP contribution in [-0.2, 0) is 0 Å². The van der Waals surface area contributed by atoms with Gasteiger partial charge in [-0.2, -0.15) is 0 Å². The topological polar surface area (TPSA) is 40.5 Å². The van der Waals surface area contributed by atoms with Crippen molar-refractivity contribution in [3.05, 3.63) is 28.8 Å². The van der Waals surface area contributed by atoms with Gasteiger partial charge < -0.3 is 5.11 Å². The number of hydrogen-bond acceptors (Lipinski definition) is 1. The summed E-state index contributed by atoms with van der Waals surface area (Å²) in [4.78, 5) is 11.8. The van der Waals surface area contributed by atoms with Crippen LogP contribution >= 0.6 is 11.6 Å². The monoisotopic (exact) mass is 199 g/mol. The second-order valence-corrected chi connectivity index (χ2v) is 3.13. The normalized spacial score (nSPS) is 9.77. The number of amides is 1. The van der Waals surface area contributed by atoms with Crippen molar-refractivity contribution >= 4 is 23.4 Å². The van der Waals surface area contributed by atoms with Crippen molar-refractivity contribution in [2.45, 2.75) is 6.92 Å². The van der Waals surface area contributed by atoms with Crippen LogP contribution in [-0.4, -0.2) is 18.2 Å². The van der Waals surface area contributed by atoms with Crippen LogP contribution in [0.1, 0.15) is 5.56 Å². The van der Waals surface area contributed by atoms with E-state index < -0.39 is 6.09 Å². The minimum Gasteiger partial charge on any atom is -0.465 e. The smallest absolute Gasteiger partial charge is 0.411 e. The van der Waals surface area contributed by atoms with Crippen molar-refractivity contribution in [3.8, 4) is 0 Å². The van der Waals surface area contributed by atoms with Gasteiger partial charge in [-0.15, -0.1) is 0 Å². The number of rotatable bonds is 1. The molecule has 0 saturated carbocycles. The third-order valence-electron chi connectivity index (χ3n) is 1.89. The second kappa shape index (κ2) is 3.66. The Morgan fingerprint density at radius 3 is 2.69 bits per heavy atom. The Kier molecular flexibility index (Phi) is 2.78. The fraction of sp³-hybridized carbons (Fsp3) is 0.222. The SMILES string of the molecule is Cc1c(Cl)cccc1N(C)C(=O)O. The predicted octanol–water partition coefficient (Wildman–Crippen LogP) is 2.76. The van der Waals surface area contributed by atoms with E-state index in [0.29, 0.717) is 10.7 Å². The number of hydrogen-bond donors (Lipinski definition) is 1. The molecule has 0 unspecified atom stereocenters. The minimum absolute atomic E-state index is 0.575. The Bertz CT molecular complexity index is 338. The summed E-state index contributed by atoms with van der Waals surface area (Å²) in [5.41, 5.74) is 1.38. The maximum Gasteiger partial charge on any atom is 0.411 e. The first-order chi connectivity index (χ1) is 6.04. The molecule has 13 heavy (non-hydrogen) atoms. The lowest BCUT2D eigenvalue weighted by atomic mass is 10.2. The van der Waals surface area contributed by atoms with Crippen LogP contribution in [0.2, 0.25) is 5.02 Å². The summed E-state index contributed by atoms with van der Waals surface area (Å²) in [6, 6.07) is 5.18. The van der Waals surface area contributed by atoms with Gasteiger partial charge in [-0.3, -0.25) is 4.90 Å². The van der Waals surface area contributed by atoms with Gasteiger partial charge in [-0.05, 0) is 24.6 Å². The van der Waals surface area contributed by atoms with E-state index in [1.54, 1.807) is 25.1 Å². The van der Waals surface area contributed by atoms with Crippen LogP contribution in [0.4, 0.5) is 10.5 Å². The van der Waals surface area contributed by atoms with E-state index in [1.807, 2.05) is 0 Å². The first-order valence-electron chi connectivity index (χ1n) is 3.76. The molecule has 0 radical (unpaired) electrons. The number of carbonyl (C=O) groups is 1. The molecule has 1 aromatic carbocycles. The molecule has 3 nitrogen and oxygen atoms in total. The van der Waals surface area contributed by atoms with Gasteiger partial charge in [0.15, 0.2) is 0 Å². The van der Waals surface area contributed by atoms with Crippen molar-refractivity contribution in [1.29, 1.82) is 0 Å². The zero-order valence-corrected chi connectivity index (χ0v) is 8.17. The highest BCUT2D eigenvalue weighted by Crippen LogP contribution is 2.25. The van der Waals surface area contributed by atoms with Gasteiger partial charge in [0.25, 0.3) is 0 Å². The van der Waals surface area contributed by atoms with Gasteiger partial charge in [0.1, 0.15) is 0 Å². The quantitative estimate of drug-likeness (QED) is 0.756. The van der Waals surface area contributed by atoms with Crippen LogP contribution in [0.15, 0.2) is 18.2 Å². The summed E-state index contributed by atoms with van der Waals surface area (Å²) < 4.78 is 0. The number of halogens is 1. The van der Waals surface area contributed by atoms with Crippen LogP contribution in [0, 0.1) is 6.92 Å². The van der Waals surface area contributed by atoms with Gasteiger partial charge >= 0.3 is 6.09 Å². The maximum absolute atomic E-state index is 10.6. The number of anilines is 1. The van der Waals surface area contributed by atoms with Crippen molar-refractivity contribution in [3.63, 3.8) is 0 Å². The van der Waals surface area contributed by atoms with Gasteiger partial charge in [-0.25, -0.2) is 4.79 Å². The third kappa shape index (κ3) is 1.92. The highest BCUT2D eigenvalue weighted by Gasteiger charge is 2.11. The Labute approximate surface area is 81.5 Å². The number of benzene rings is 1. The van der Waals surface area contributed by atoms with E-state index in [1.165, 1.54) is 7.05 Å². The summed E-state index contributed by atoms with van der Waals surface area (Å²) in [6.07, 6.45) is -0.995. The van der Waals surface area contributed by atoms with E-state index in [9.17, 15) is 4.79 Å². The number of carboxylic acid groups (broad SMARTS) is 1. The molecule has 0 aliphatic carbocycles. The Morgan fingerprint density at radius 1 is 1.54 bits per heavy atom. The molecule has 0 bridgehead atoms. The van der Waals surface area contributed by atoms with E-state index >= 15 is 0 Å². The first-order valence-corrected chi connectivity index (χ1v) is 4.13. The van der Waals surface area contributed by atoms with Gasteiger partial charge in [0.05, 0.1) is 5.69 Å². The maximum atomic E-state index is 10.6. The lowest BCUT2D eigenvalue weighted by molar-refractivity contribution is 0.203. The molecule has 0 atom stereocenters. The lowest BCUT2D eigenvalue weighted by Gasteiger charge is -2.16. The molecule has 0 spiro atoms. The largest absolute Gasteiger partial charge is 0.465 e. The molecule has 0 saturated heterocycles. The lowest BCUT2D eigenvalue weighted by Crippen LogP contribution is -2.24. The highest BCUT2D eigenvalue weighted by atomic mass is 35.5.